The largest absolute Gasteiger partial charge is 0.470 e. The van der Waals surface area contributed by atoms with Gasteiger partial charge in [-0.3, -0.25) is 14.9 Å². The van der Waals surface area contributed by atoms with Gasteiger partial charge in [-0.15, -0.1) is 0 Å². The highest BCUT2D eigenvalue weighted by Gasteiger charge is 2.21. The molecule has 0 radical (unpaired) electrons. The molecule has 1 aromatic heterocycles. The average Bonchev–Trinajstić information content (AvgIpc) is 2.77. The summed E-state index contributed by atoms with van der Waals surface area (Å²) in [6.45, 7) is 3.52. The third-order valence-corrected chi connectivity index (χ3v) is 5.51. The number of nitro groups is 1. The molecule has 164 valence electrons. The number of nitriles is 1. The number of hydrogen-bond acceptors (Lipinski definition) is 7. The monoisotopic (exact) mass is 517 g/mol. The first-order chi connectivity index (χ1) is 15.3. The van der Waals surface area contributed by atoms with Crippen LogP contribution in [0.4, 0.5) is 5.69 Å². The Balaban J connectivity index is 2.15. The molecule has 1 atom stereocenters. The number of benzene rings is 2. The molecule has 0 saturated carbocycles. The fraction of sp³-hybridized carbons (Fsp3) is 0.238. The fourth-order valence-corrected chi connectivity index (χ4v) is 3.60. The minimum Gasteiger partial charge on any atom is -0.470 e. The van der Waals surface area contributed by atoms with Crippen LogP contribution in [0.2, 0.25) is 5.02 Å². The lowest BCUT2D eigenvalue weighted by molar-refractivity contribution is -0.385. The van der Waals surface area contributed by atoms with E-state index in [0.717, 1.165) is 10.9 Å². The lowest BCUT2D eigenvalue weighted by Crippen LogP contribution is -2.23. The van der Waals surface area contributed by atoms with Crippen molar-refractivity contribution in [1.29, 1.82) is 5.26 Å². The maximum atomic E-state index is 13.2. The maximum absolute atomic E-state index is 13.2. The van der Waals surface area contributed by atoms with Crippen LogP contribution in [0.3, 0.4) is 0 Å². The molecule has 0 spiro atoms. The Morgan fingerprint density at radius 2 is 2.19 bits per heavy atom. The van der Waals surface area contributed by atoms with Gasteiger partial charge in [0.25, 0.3) is 5.56 Å². The van der Waals surface area contributed by atoms with E-state index in [1.54, 1.807) is 24.3 Å². The average molecular weight is 519 g/mol. The number of nitrogens with zero attached hydrogens (tertiary/aromatic N) is 5. The van der Waals surface area contributed by atoms with Crippen molar-refractivity contribution in [3.63, 3.8) is 0 Å². The molecular formula is C21H17BrClN5O4. The molecule has 0 fully saturated rings. The van der Waals surface area contributed by atoms with Crippen LogP contribution in [0.15, 0.2) is 44.7 Å². The summed E-state index contributed by atoms with van der Waals surface area (Å²) in [6.07, 6.45) is 2.03. The quantitative estimate of drug-likeness (QED) is 0.246. The Bertz CT molecular complexity index is 1330. The summed E-state index contributed by atoms with van der Waals surface area (Å²) >= 11 is 9.50. The lowest BCUT2D eigenvalue weighted by Gasteiger charge is -2.14. The first kappa shape index (κ1) is 23.4. The van der Waals surface area contributed by atoms with Crippen LogP contribution in [-0.4, -0.2) is 27.4 Å². The molecule has 2 aromatic carbocycles. The Hall–Kier alpha value is -3.29. The number of hydrogen-bond donors (Lipinski definition) is 0. The van der Waals surface area contributed by atoms with Gasteiger partial charge in [-0.25, -0.2) is 4.98 Å². The fourth-order valence-electron chi connectivity index (χ4n) is 2.96. The summed E-state index contributed by atoms with van der Waals surface area (Å²) in [5.41, 5.74) is 0.0571. The predicted octanol–water partition coefficient (Wildman–Crippen LogP) is 5.02. The van der Waals surface area contributed by atoms with Gasteiger partial charge in [-0.1, -0.05) is 41.4 Å². The molecule has 0 amide bonds. The standard InChI is InChI=1S/C21H17BrClN5O4/c1-3-12(2)20-26-17-5-4-14(22)10-15(17)21(29)27(20)25-11-13-8-16(23)19(32-7-6-24)18(9-13)28(30)31/h4-5,8-12H,3,7H2,1-2H3/t12-/m1/s1. The smallest absolute Gasteiger partial charge is 0.313 e. The summed E-state index contributed by atoms with van der Waals surface area (Å²) in [5, 5.41) is 24.7. The van der Waals surface area contributed by atoms with Gasteiger partial charge in [0, 0.05) is 22.0 Å². The summed E-state index contributed by atoms with van der Waals surface area (Å²) < 4.78 is 7.02. The highest BCUT2D eigenvalue weighted by atomic mass is 79.9. The third kappa shape index (κ3) is 4.79. The van der Waals surface area contributed by atoms with Crippen LogP contribution < -0.4 is 10.3 Å². The zero-order valence-corrected chi connectivity index (χ0v) is 19.4. The Morgan fingerprint density at radius 1 is 1.44 bits per heavy atom. The molecule has 0 N–H and O–H groups in total. The topological polar surface area (TPSA) is 123 Å². The number of ether oxygens (including phenoxy) is 1. The van der Waals surface area contributed by atoms with Crippen molar-refractivity contribution in [2.75, 3.05) is 6.61 Å². The van der Waals surface area contributed by atoms with Gasteiger partial charge < -0.3 is 4.74 Å². The second kappa shape index (κ2) is 9.89. The summed E-state index contributed by atoms with van der Waals surface area (Å²) in [6, 6.07) is 9.58. The van der Waals surface area contributed by atoms with E-state index < -0.39 is 10.6 Å². The van der Waals surface area contributed by atoms with E-state index in [9.17, 15) is 14.9 Å². The minimum atomic E-state index is -0.665. The van der Waals surface area contributed by atoms with Crippen LogP contribution in [0.25, 0.3) is 10.9 Å². The second-order valence-corrected chi connectivity index (χ2v) is 8.18. The molecular weight excluding hydrogens is 502 g/mol. The van der Waals surface area contributed by atoms with Gasteiger partial charge in [0.2, 0.25) is 5.75 Å². The van der Waals surface area contributed by atoms with Gasteiger partial charge >= 0.3 is 5.69 Å². The Morgan fingerprint density at radius 3 is 2.84 bits per heavy atom. The first-order valence-corrected chi connectivity index (χ1v) is 10.7. The van der Waals surface area contributed by atoms with Crippen molar-refractivity contribution in [3.05, 3.63) is 71.7 Å². The zero-order chi connectivity index (χ0) is 23.4. The van der Waals surface area contributed by atoms with Gasteiger partial charge in [-0.05, 0) is 30.7 Å². The minimum absolute atomic E-state index is 0.0500. The number of rotatable bonds is 7. The van der Waals surface area contributed by atoms with Crippen molar-refractivity contribution >= 4 is 50.3 Å². The van der Waals surface area contributed by atoms with E-state index in [1.807, 2.05) is 13.8 Å². The zero-order valence-electron chi connectivity index (χ0n) is 17.1. The molecule has 0 aliphatic rings. The molecule has 32 heavy (non-hydrogen) atoms. The first-order valence-electron chi connectivity index (χ1n) is 9.51. The highest BCUT2D eigenvalue weighted by molar-refractivity contribution is 9.10. The van der Waals surface area contributed by atoms with E-state index in [4.69, 9.17) is 21.6 Å². The second-order valence-electron chi connectivity index (χ2n) is 6.86. The SMILES string of the molecule is CC[C@@H](C)c1nc2ccc(Br)cc2c(=O)n1N=Cc1cc(Cl)c(OCC#N)c([N+](=O)[O-])c1. The molecule has 3 aromatic rings. The molecule has 0 unspecified atom stereocenters. The molecule has 1 heterocycles. The molecule has 0 saturated heterocycles. The Labute approximate surface area is 196 Å². The maximum Gasteiger partial charge on any atom is 0.313 e. The van der Waals surface area contributed by atoms with Crippen molar-refractivity contribution in [1.82, 2.24) is 9.66 Å². The van der Waals surface area contributed by atoms with Crippen LogP contribution in [0.1, 0.15) is 37.6 Å². The molecule has 0 aliphatic heterocycles. The van der Waals surface area contributed by atoms with Crippen LogP contribution in [0, 0.1) is 21.4 Å². The van der Waals surface area contributed by atoms with Crippen molar-refractivity contribution in [3.8, 4) is 11.8 Å². The predicted molar refractivity (Wildman–Crippen MR) is 125 cm³/mol. The van der Waals surface area contributed by atoms with Gasteiger partial charge in [0.05, 0.1) is 27.1 Å². The number of fused-ring (bicyclic) bond motifs is 1. The van der Waals surface area contributed by atoms with Gasteiger partial charge in [0.1, 0.15) is 11.9 Å². The van der Waals surface area contributed by atoms with Crippen molar-refractivity contribution < 1.29 is 9.66 Å². The van der Waals surface area contributed by atoms with Gasteiger partial charge in [-0.2, -0.15) is 15.0 Å². The molecule has 3 rings (SSSR count). The van der Waals surface area contributed by atoms with Crippen LogP contribution in [-0.2, 0) is 0 Å². The summed E-state index contributed by atoms with van der Waals surface area (Å²) in [5.74, 6) is 0.204. The molecule has 9 nitrogen and oxygen atoms in total. The van der Waals surface area contributed by atoms with Gasteiger partial charge in [0.15, 0.2) is 6.61 Å². The number of nitro benzene ring substituents is 1. The van der Waals surface area contributed by atoms with Crippen molar-refractivity contribution in [2.24, 2.45) is 5.10 Å². The van der Waals surface area contributed by atoms with Crippen molar-refractivity contribution in [2.45, 2.75) is 26.2 Å². The molecule has 11 heteroatoms. The normalized spacial score (nSPS) is 12.1. The van der Waals surface area contributed by atoms with E-state index >= 15 is 0 Å². The highest BCUT2D eigenvalue weighted by Crippen LogP contribution is 2.35. The van der Waals surface area contributed by atoms with E-state index in [2.05, 4.69) is 26.0 Å². The molecule has 0 bridgehead atoms. The van der Waals surface area contributed by atoms with E-state index in [-0.39, 0.29) is 34.4 Å². The van der Waals surface area contributed by atoms with E-state index in [1.165, 1.54) is 23.0 Å². The van der Waals surface area contributed by atoms with Crippen LogP contribution in [0.5, 0.6) is 5.75 Å². The third-order valence-electron chi connectivity index (χ3n) is 4.73. The number of aromatic nitrogens is 2. The van der Waals surface area contributed by atoms with Crippen LogP contribution >= 0.6 is 27.5 Å². The summed E-state index contributed by atoms with van der Waals surface area (Å²) in [4.78, 5) is 28.6. The molecule has 0 aliphatic carbocycles. The Kier molecular flexibility index (Phi) is 7.22. The van der Waals surface area contributed by atoms with E-state index in [0.29, 0.717) is 16.7 Å². The number of halogens is 2. The lowest BCUT2D eigenvalue weighted by atomic mass is 10.1. The summed E-state index contributed by atoms with van der Waals surface area (Å²) in [7, 11) is 0.